The molecule has 1 unspecified atom stereocenters. The van der Waals surface area contributed by atoms with E-state index in [1.807, 2.05) is 0 Å². The Hall–Kier alpha value is -2.78. The van der Waals surface area contributed by atoms with Crippen LogP contribution in [0.3, 0.4) is 0 Å². The summed E-state index contributed by atoms with van der Waals surface area (Å²) < 4.78 is 7.75. The van der Waals surface area contributed by atoms with E-state index >= 15 is 0 Å². The zero-order chi connectivity index (χ0) is 17.7. The molecule has 12 heteroatoms. The van der Waals surface area contributed by atoms with Crippen LogP contribution in [0.25, 0.3) is 20.9 Å². The summed E-state index contributed by atoms with van der Waals surface area (Å²) >= 11 is 0. The van der Waals surface area contributed by atoms with Crippen molar-refractivity contribution in [1.29, 1.82) is 0 Å². The Bertz CT molecular complexity index is 817. The van der Waals surface area contributed by atoms with E-state index in [4.69, 9.17) is 15.8 Å². The number of aryl methyl sites for hydroxylation is 1. The van der Waals surface area contributed by atoms with Crippen LogP contribution in [0.2, 0.25) is 0 Å². The lowest BCUT2D eigenvalue weighted by Gasteiger charge is -2.17. The van der Waals surface area contributed by atoms with Gasteiger partial charge < -0.3 is 9.84 Å². The fourth-order valence-corrected chi connectivity index (χ4v) is 2.59. The number of aromatic nitrogens is 2. The molecule has 2 heterocycles. The zero-order valence-corrected chi connectivity index (χ0v) is 12.9. The van der Waals surface area contributed by atoms with Crippen molar-refractivity contribution in [2.24, 2.45) is 10.2 Å². The Labute approximate surface area is 135 Å². The molecule has 0 aromatic carbocycles. The summed E-state index contributed by atoms with van der Waals surface area (Å²) in [5, 5.41) is 16.2. The molecular weight excluding hydrogens is 320 g/mol. The first-order valence-electron chi connectivity index (χ1n) is 7.17. The van der Waals surface area contributed by atoms with Crippen LogP contribution in [-0.2, 0) is 11.3 Å². The van der Waals surface area contributed by atoms with Gasteiger partial charge in [-0.15, -0.1) is 0 Å². The van der Waals surface area contributed by atoms with Crippen LogP contribution in [0.4, 0.5) is 0 Å². The maximum atomic E-state index is 12.5. The average molecular weight is 336 g/mol. The molecule has 12 nitrogen and oxygen atoms in total. The van der Waals surface area contributed by atoms with Crippen LogP contribution in [0.15, 0.2) is 26.0 Å². The smallest absolute Gasteiger partial charge is 0.333 e. The molecule has 0 aliphatic carbocycles. The average Bonchev–Trinajstić information content (AvgIpc) is 2.97. The highest BCUT2D eigenvalue weighted by Crippen LogP contribution is 2.29. The SMILES string of the molecule is Cc1cn([C@H]2CC(N=[N+]=[N-])[C@@H](CO)O2)c(=O)n(CCN=[N+]=[N-])c1=O. The number of ether oxygens (including phenoxy) is 1. The minimum absolute atomic E-state index is 0.0404. The van der Waals surface area contributed by atoms with Crippen LogP contribution in [0, 0.1) is 6.92 Å². The molecule has 1 aliphatic rings. The summed E-state index contributed by atoms with van der Waals surface area (Å²) in [6.07, 6.45) is 0.0759. The van der Waals surface area contributed by atoms with Gasteiger partial charge in [-0.05, 0) is 18.0 Å². The molecule has 24 heavy (non-hydrogen) atoms. The molecule has 1 saturated heterocycles. The van der Waals surface area contributed by atoms with Crippen molar-refractivity contribution in [3.8, 4) is 0 Å². The van der Waals surface area contributed by atoms with Gasteiger partial charge in [-0.3, -0.25) is 13.9 Å². The first kappa shape index (κ1) is 17.6. The summed E-state index contributed by atoms with van der Waals surface area (Å²) in [7, 11) is 0. The topological polar surface area (TPSA) is 171 Å². The number of aliphatic hydroxyl groups excluding tert-OH is 1. The van der Waals surface area contributed by atoms with E-state index in [0.717, 1.165) is 4.57 Å². The van der Waals surface area contributed by atoms with Crippen molar-refractivity contribution in [3.63, 3.8) is 0 Å². The van der Waals surface area contributed by atoms with Crippen LogP contribution in [-0.4, -0.2) is 39.5 Å². The highest BCUT2D eigenvalue weighted by Gasteiger charge is 2.36. The van der Waals surface area contributed by atoms with E-state index < -0.39 is 29.6 Å². The Morgan fingerprint density at radius 3 is 2.79 bits per heavy atom. The monoisotopic (exact) mass is 336 g/mol. The summed E-state index contributed by atoms with van der Waals surface area (Å²) in [6, 6.07) is -0.610. The molecule has 0 saturated carbocycles. The van der Waals surface area contributed by atoms with Crippen molar-refractivity contribution in [2.45, 2.75) is 38.3 Å². The Morgan fingerprint density at radius 1 is 1.42 bits per heavy atom. The molecule has 1 aliphatic heterocycles. The molecule has 0 spiro atoms. The van der Waals surface area contributed by atoms with E-state index in [-0.39, 0.29) is 26.1 Å². The lowest BCUT2D eigenvalue weighted by atomic mass is 10.1. The Kier molecular flexibility index (Phi) is 5.61. The fraction of sp³-hybridized carbons (Fsp3) is 0.667. The van der Waals surface area contributed by atoms with Gasteiger partial charge in [0.1, 0.15) is 6.23 Å². The molecule has 1 fully saturated rings. The van der Waals surface area contributed by atoms with Gasteiger partial charge in [-0.25, -0.2) is 4.79 Å². The number of hydrogen-bond acceptors (Lipinski definition) is 6. The summed E-state index contributed by atoms with van der Waals surface area (Å²) in [6.45, 7) is 1.09. The second kappa shape index (κ2) is 7.66. The third-order valence-electron chi connectivity index (χ3n) is 3.75. The largest absolute Gasteiger partial charge is 0.394 e. The fourth-order valence-electron chi connectivity index (χ4n) is 2.59. The molecule has 0 bridgehead atoms. The van der Waals surface area contributed by atoms with Gasteiger partial charge in [-0.1, -0.05) is 10.2 Å². The predicted molar refractivity (Wildman–Crippen MR) is 82.3 cm³/mol. The molecule has 1 N–H and O–H groups in total. The highest BCUT2D eigenvalue weighted by molar-refractivity contribution is 5.04. The molecule has 1 aromatic heterocycles. The van der Waals surface area contributed by atoms with Gasteiger partial charge >= 0.3 is 5.69 Å². The normalized spacial score (nSPS) is 22.7. The number of azide groups is 2. The third kappa shape index (κ3) is 3.42. The van der Waals surface area contributed by atoms with Crippen molar-refractivity contribution in [2.75, 3.05) is 13.2 Å². The maximum Gasteiger partial charge on any atom is 0.333 e. The number of nitrogens with zero attached hydrogens (tertiary/aromatic N) is 8. The number of aliphatic hydroxyl groups is 1. The highest BCUT2D eigenvalue weighted by atomic mass is 16.5. The Balaban J connectivity index is 2.41. The third-order valence-corrected chi connectivity index (χ3v) is 3.75. The van der Waals surface area contributed by atoms with Gasteiger partial charge in [0.2, 0.25) is 0 Å². The van der Waals surface area contributed by atoms with Crippen LogP contribution in [0.5, 0.6) is 0 Å². The molecule has 3 atom stereocenters. The summed E-state index contributed by atoms with van der Waals surface area (Å²) in [5.41, 5.74) is 16.1. The van der Waals surface area contributed by atoms with Gasteiger partial charge in [0.25, 0.3) is 5.56 Å². The van der Waals surface area contributed by atoms with Crippen LogP contribution in [0.1, 0.15) is 18.2 Å². The quantitative estimate of drug-likeness (QED) is 0.455. The van der Waals surface area contributed by atoms with E-state index in [2.05, 4.69) is 20.1 Å². The first-order valence-corrected chi connectivity index (χ1v) is 7.17. The van der Waals surface area contributed by atoms with Gasteiger partial charge in [-0.2, -0.15) is 0 Å². The van der Waals surface area contributed by atoms with Crippen molar-refractivity contribution in [3.05, 3.63) is 53.5 Å². The second-order valence-electron chi connectivity index (χ2n) is 5.23. The minimum atomic E-state index is -0.768. The standard InChI is InChI=1S/C12H16N8O4/c1-7-5-20(10-4-8(16-18-14)9(6-21)24-10)12(23)19(11(7)22)3-2-15-17-13/h5,8-10,21H,2-4,6H2,1H3/t8?,9-,10-/m1/s1. The van der Waals surface area contributed by atoms with Crippen molar-refractivity contribution >= 4 is 0 Å². The zero-order valence-electron chi connectivity index (χ0n) is 12.9. The number of hydrogen-bond donors (Lipinski definition) is 1. The van der Waals surface area contributed by atoms with Gasteiger partial charge in [0.05, 0.1) is 18.8 Å². The van der Waals surface area contributed by atoms with Gasteiger partial charge in [0, 0.05) is 41.1 Å². The summed E-state index contributed by atoms with van der Waals surface area (Å²) in [5.74, 6) is 0. The molecule has 1 aromatic rings. The van der Waals surface area contributed by atoms with Crippen molar-refractivity contribution in [1.82, 2.24) is 9.13 Å². The molecule has 128 valence electrons. The molecule has 2 rings (SSSR count). The maximum absolute atomic E-state index is 12.5. The van der Waals surface area contributed by atoms with E-state index in [1.165, 1.54) is 10.8 Å². The van der Waals surface area contributed by atoms with Crippen molar-refractivity contribution < 1.29 is 9.84 Å². The van der Waals surface area contributed by atoms with E-state index in [1.54, 1.807) is 6.92 Å². The van der Waals surface area contributed by atoms with Crippen LogP contribution < -0.4 is 11.2 Å². The number of rotatable bonds is 6. The van der Waals surface area contributed by atoms with E-state index in [0.29, 0.717) is 5.56 Å². The van der Waals surface area contributed by atoms with Gasteiger partial charge in [0.15, 0.2) is 0 Å². The Morgan fingerprint density at radius 2 is 2.17 bits per heavy atom. The van der Waals surface area contributed by atoms with Crippen LogP contribution >= 0.6 is 0 Å². The molecule has 0 amide bonds. The lowest BCUT2D eigenvalue weighted by Crippen LogP contribution is -2.42. The van der Waals surface area contributed by atoms with E-state index in [9.17, 15) is 14.7 Å². The molecule has 0 radical (unpaired) electrons. The molecular formula is C12H16N8O4. The lowest BCUT2D eigenvalue weighted by molar-refractivity contribution is -0.0277. The summed E-state index contributed by atoms with van der Waals surface area (Å²) in [4.78, 5) is 29.9. The minimum Gasteiger partial charge on any atom is -0.394 e. The first-order chi connectivity index (χ1) is 11.5. The predicted octanol–water partition coefficient (Wildman–Crippen LogP) is 0.587. The second-order valence-corrected chi connectivity index (χ2v) is 5.23.